The average molecular weight is 225 g/mol. The van der Waals surface area contributed by atoms with Crippen LogP contribution in [0.25, 0.3) is 0 Å². The second-order valence-corrected chi connectivity index (χ2v) is 5.72. The zero-order valence-electron chi connectivity index (χ0n) is 9.20. The van der Waals surface area contributed by atoms with Gasteiger partial charge in [-0.25, -0.2) is 0 Å². The van der Waals surface area contributed by atoms with Gasteiger partial charge in [-0.05, 0) is 31.9 Å². The molecule has 2 rings (SSSR count). The van der Waals surface area contributed by atoms with Gasteiger partial charge in [0.1, 0.15) is 0 Å². The first-order valence-corrected chi connectivity index (χ1v) is 6.54. The smallest absolute Gasteiger partial charge is 0.0693 e. The van der Waals surface area contributed by atoms with Gasteiger partial charge in [0.15, 0.2) is 0 Å². The Balaban J connectivity index is 1.81. The standard InChI is InChI=1S/C12H19NOS/c1-9-6-7-10(15-9)8-13-11-4-2-3-5-12(11)14/h6-7,11-14H,2-5,8H2,1H3/t11-,12+/m0/s1. The fourth-order valence-electron chi connectivity index (χ4n) is 2.16. The van der Waals surface area contributed by atoms with E-state index < -0.39 is 0 Å². The van der Waals surface area contributed by atoms with Gasteiger partial charge in [-0.3, -0.25) is 0 Å². The van der Waals surface area contributed by atoms with Crippen molar-refractivity contribution in [1.82, 2.24) is 5.32 Å². The first-order valence-electron chi connectivity index (χ1n) is 5.72. The quantitative estimate of drug-likeness (QED) is 0.828. The first kappa shape index (κ1) is 11.1. The highest BCUT2D eigenvalue weighted by atomic mass is 32.1. The molecule has 0 amide bonds. The number of rotatable bonds is 3. The maximum atomic E-state index is 9.79. The Hall–Kier alpha value is -0.380. The van der Waals surface area contributed by atoms with Crippen molar-refractivity contribution < 1.29 is 5.11 Å². The summed E-state index contributed by atoms with van der Waals surface area (Å²) in [6.07, 6.45) is 4.36. The van der Waals surface area contributed by atoms with Crippen LogP contribution in [0, 0.1) is 6.92 Å². The third kappa shape index (κ3) is 3.03. The maximum Gasteiger partial charge on any atom is 0.0693 e. The van der Waals surface area contributed by atoms with Crippen LogP contribution >= 0.6 is 11.3 Å². The second kappa shape index (κ2) is 5.10. The van der Waals surface area contributed by atoms with Crippen LogP contribution in [0.5, 0.6) is 0 Å². The molecule has 1 fully saturated rings. The number of nitrogens with one attached hydrogen (secondary N) is 1. The molecule has 1 aromatic heterocycles. The summed E-state index contributed by atoms with van der Waals surface area (Å²) in [6.45, 7) is 3.03. The van der Waals surface area contributed by atoms with Crippen molar-refractivity contribution in [1.29, 1.82) is 0 Å². The van der Waals surface area contributed by atoms with E-state index in [4.69, 9.17) is 0 Å². The van der Waals surface area contributed by atoms with Crippen molar-refractivity contribution in [3.05, 3.63) is 21.9 Å². The van der Waals surface area contributed by atoms with E-state index in [-0.39, 0.29) is 6.10 Å². The molecule has 1 saturated carbocycles. The second-order valence-electron chi connectivity index (χ2n) is 4.35. The van der Waals surface area contributed by atoms with E-state index in [1.165, 1.54) is 22.6 Å². The zero-order chi connectivity index (χ0) is 10.7. The van der Waals surface area contributed by atoms with Gasteiger partial charge in [0.25, 0.3) is 0 Å². The maximum absolute atomic E-state index is 9.79. The van der Waals surface area contributed by atoms with Crippen molar-refractivity contribution >= 4 is 11.3 Å². The summed E-state index contributed by atoms with van der Waals surface area (Å²) < 4.78 is 0. The van der Waals surface area contributed by atoms with E-state index in [1.54, 1.807) is 0 Å². The molecule has 0 spiro atoms. The molecule has 0 saturated heterocycles. The largest absolute Gasteiger partial charge is 0.392 e. The summed E-state index contributed by atoms with van der Waals surface area (Å²) in [7, 11) is 0. The Bertz CT molecular complexity index is 310. The molecule has 1 heterocycles. The van der Waals surface area contributed by atoms with Crippen LogP contribution < -0.4 is 5.32 Å². The molecular weight excluding hydrogens is 206 g/mol. The molecule has 3 heteroatoms. The Morgan fingerprint density at radius 3 is 2.87 bits per heavy atom. The van der Waals surface area contributed by atoms with Gasteiger partial charge in [0.05, 0.1) is 6.10 Å². The molecule has 2 N–H and O–H groups in total. The van der Waals surface area contributed by atoms with Crippen LogP contribution in [0.3, 0.4) is 0 Å². The fraction of sp³-hybridized carbons (Fsp3) is 0.667. The highest BCUT2D eigenvalue weighted by molar-refractivity contribution is 7.11. The monoisotopic (exact) mass is 225 g/mol. The highest BCUT2D eigenvalue weighted by Gasteiger charge is 2.22. The molecule has 0 radical (unpaired) electrons. The van der Waals surface area contributed by atoms with Crippen molar-refractivity contribution in [3.63, 3.8) is 0 Å². The van der Waals surface area contributed by atoms with Crippen LogP contribution in [0.15, 0.2) is 12.1 Å². The summed E-state index contributed by atoms with van der Waals surface area (Å²) in [5, 5.41) is 13.3. The molecule has 15 heavy (non-hydrogen) atoms. The summed E-state index contributed by atoms with van der Waals surface area (Å²) in [4.78, 5) is 2.72. The van der Waals surface area contributed by atoms with Crippen molar-refractivity contribution in [2.24, 2.45) is 0 Å². The minimum Gasteiger partial charge on any atom is -0.392 e. The number of hydrogen-bond donors (Lipinski definition) is 2. The molecule has 0 bridgehead atoms. The number of aryl methyl sites for hydroxylation is 1. The van der Waals surface area contributed by atoms with Gasteiger partial charge in [-0.15, -0.1) is 11.3 Å². The van der Waals surface area contributed by atoms with Gasteiger partial charge < -0.3 is 10.4 Å². The van der Waals surface area contributed by atoms with Crippen LogP contribution in [0.4, 0.5) is 0 Å². The van der Waals surface area contributed by atoms with Crippen molar-refractivity contribution in [2.45, 2.75) is 51.3 Å². The van der Waals surface area contributed by atoms with E-state index in [0.717, 1.165) is 19.4 Å². The van der Waals surface area contributed by atoms with Gasteiger partial charge in [-0.2, -0.15) is 0 Å². The summed E-state index contributed by atoms with van der Waals surface area (Å²) in [6, 6.07) is 4.63. The van der Waals surface area contributed by atoms with E-state index in [1.807, 2.05) is 11.3 Å². The van der Waals surface area contributed by atoms with Crippen molar-refractivity contribution in [2.75, 3.05) is 0 Å². The van der Waals surface area contributed by atoms with Crippen LogP contribution in [0.2, 0.25) is 0 Å². The number of thiophene rings is 1. The van der Waals surface area contributed by atoms with E-state index in [9.17, 15) is 5.11 Å². The minimum absolute atomic E-state index is 0.139. The molecule has 0 unspecified atom stereocenters. The zero-order valence-corrected chi connectivity index (χ0v) is 10.0. The lowest BCUT2D eigenvalue weighted by Crippen LogP contribution is -2.41. The molecule has 1 aliphatic carbocycles. The third-order valence-electron chi connectivity index (χ3n) is 3.06. The van der Waals surface area contributed by atoms with Crippen molar-refractivity contribution in [3.8, 4) is 0 Å². The number of hydrogen-bond acceptors (Lipinski definition) is 3. The third-order valence-corrected chi connectivity index (χ3v) is 4.06. The minimum atomic E-state index is -0.139. The lowest BCUT2D eigenvalue weighted by molar-refractivity contribution is 0.0904. The summed E-state index contributed by atoms with van der Waals surface area (Å²) in [5.41, 5.74) is 0. The molecule has 0 aromatic carbocycles. The molecule has 84 valence electrons. The Kier molecular flexibility index (Phi) is 3.78. The Morgan fingerprint density at radius 1 is 1.40 bits per heavy atom. The predicted molar refractivity (Wildman–Crippen MR) is 64.2 cm³/mol. The molecular formula is C12H19NOS. The Morgan fingerprint density at radius 2 is 2.20 bits per heavy atom. The van der Waals surface area contributed by atoms with E-state index in [2.05, 4.69) is 24.4 Å². The highest BCUT2D eigenvalue weighted by Crippen LogP contribution is 2.20. The van der Waals surface area contributed by atoms with Gasteiger partial charge in [0.2, 0.25) is 0 Å². The lowest BCUT2D eigenvalue weighted by Gasteiger charge is -2.28. The predicted octanol–water partition coefficient (Wildman–Crippen LogP) is 2.45. The molecule has 2 nitrogen and oxygen atoms in total. The summed E-state index contributed by atoms with van der Waals surface area (Å²) >= 11 is 1.83. The summed E-state index contributed by atoms with van der Waals surface area (Å²) in [5.74, 6) is 0. The first-order chi connectivity index (χ1) is 7.25. The Labute approximate surface area is 95.3 Å². The van der Waals surface area contributed by atoms with Gasteiger partial charge in [-0.1, -0.05) is 12.8 Å². The molecule has 1 aliphatic rings. The van der Waals surface area contributed by atoms with E-state index in [0.29, 0.717) is 6.04 Å². The lowest BCUT2D eigenvalue weighted by atomic mass is 9.92. The van der Waals surface area contributed by atoms with Crippen LogP contribution in [-0.2, 0) is 6.54 Å². The van der Waals surface area contributed by atoms with Crippen LogP contribution in [-0.4, -0.2) is 17.3 Å². The van der Waals surface area contributed by atoms with Crippen LogP contribution in [0.1, 0.15) is 35.4 Å². The van der Waals surface area contributed by atoms with E-state index >= 15 is 0 Å². The average Bonchev–Trinajstić information content (AvgIpc) is 2.63. The number of aliphatic hydroxyl groups excluding tert-OH is 1. The topological polar surface area (TPSA) is 32.3 Å². The number of aliphatic hydroxyl groups is 1. The SMILES string of the molecule is Cc1ccc(CN[C@H]2CCCC[C@H]2O)s1. The molecule has 1 aromatic rings. The van der Waals surface area contributed by atoms with Gasteiger partial charge >= 0.3 is 0 Å². The fourth-order valence-corrected chi connectivity index (χ4v) is 3.00. The van der Waals surface area contributed by atoms with Gasteiger partial charge in [0, 0.05) is 22.3 Å². The molecule has 0 aliphatic heterocycles. The normalized spacial score (nSPS) is 26.8. The molecule has 2 atom stereocenters.